The topological polar surface area (TPSA) is 101 Å². The van der Waals surface area contributed by atoms with E-state index in [9.17, 15) is 24.6 Å². The van der Waals surface area contributed by atoms with Crippen LogP contribution in [0.4, 0.5) is 0 Å². The minimum Gasteiger partial charge on any atom is -0.512 e. The standard InChI is InChI=1S/C16H20O6/c1-2-22-16(21)15(13-9(17)5-3-6-10(13)18)14-11(19)7-4-8-12(14)20/h15,17,19H,2-8H2,1H3. The quantitative estimate of drug-likeness (QED) is 0.773. The third-order valence-electron chi connectivity index (χ3n) is 3.96. The van der Waals surface area contributed by atoms with Crippen LogP contribution in [-0.2, 0) is 19.1 Å². The van der Waals surface area contributed by atoms with E-state index in [1.54, 1.807) is 6.92 Å². The Balaban J connectivity index is 2.55. The van der Waals surface area contributed by atoms with Gasteiger partial charge in [0.2, 0.25) is 0 Å². The summed E-state index contributed by atoms with van der Waals surface area (Å²) in [6, 6.07) is 0. The minimum atomic E-state index is -1.32. The van der Waals surface area contributed by atoms with E-state index in [0.717, 1.165) is 0 Å². The summed E-state index contributed by atoms with van der Waals surface area (Å²) in [7, 11) is 0. The molecule has 0 spiro atoms. The van der Waals surface area contributed by atoms with Crippen molar-refractivity contribution in [2.24, 2.45) is 5.92 Å². The molecule has 0 saturated carbocycles. The summed E-state index contributed by atoms with van der Waals surface area (Å²) in [5.41, 5.74) is -0.192. The highest BCUT2D eigenvalue weighted by Gasteiger charge is 2.41. The molecule has 2 aliphatic rings. The van der Waals surface area contributed by atoms with Gasteiger partial charge in [0.05, 0.1) is 17.8 Å². The number of allylic oxidation sites excluding steroid dienone is 2. The van der Waals surface area contributed by atoms with Crippen LogP contribution in [0.15, 0.2) is 22.7 Å². The largest absolute Gasteiger partial charge is 0.512 e. The zero-order valence-electron chi connectivity index (χ0n) is 12.6. The first-order valence-electron chi connectivity index (χ1n) is 7.54. The van der Waals surface area contributed by atoms with Crippen LogP contribution in [0.1, 0.15) is 45.4 Å². The predicted octanol–water partition coefficient (Wildman–Crippen LogP) is 2.30. The number of ketones is 2. The fourth-order valence-electron chi connectivity index (χ4n) is 2.95. The third-order valence-corrected chi connectivity index (χ3v) is 3.96. The maximum atomic E-state index is 12.3. The van der Waals surface area contributed by atoms with E-state index in [4.69, 9.17) is 4.74 Å². The number of carbonyl (C=O) groups is 3. The van der Waals surface area contributed by atoms with Gasteiger partial charge in [0, 0.05) is 25.7 Å². The second kappa shape index (κ2) is 6.77. The summed E-state index contributed by atoms with van der Waals surface area (Å²) in [6.07, 6.45) is 1.97. The van der Waals surface area contributed by atoms with Crippen molar-refractivity contribution in [3.8, 4) is 0 Å². The van der Waals surface area contributed by atoms with Gasteiger partial charge in [-0.25, -0.2) is 0 Å². The Morgan fingerprint density at radius 1 is 1.00 bits per heavy atom. The normalized spacial score (nSPS) is 19.9. The Labute approximate surface area is 128 Å². The van der Waals surface area contributed by atoms with Gasteiger partial charge in [0.25, 0.3) is 0 Å². The summed E-state index contributed by atoms with van der Waals surface area (Å²) in [6.45, 7) is 1.70. The molecule has 2 N–H and O–H groups in total. The van der Waals surface area contributed by atoms with E-state index in [0.29, 0.717) is 12.8 Å². The molecule has 0 atom stereocenters. The lowest BCUT2D eigenvalue weighted by molar-refractivity contribution is -0.147. The maximum Gasteiger partial charge on any atom is 0.318 e. The molecular weight excluding hydrogens is 288 g/mol. The lowest BCUT2D eigenvalue weighted by atomic mass is 9.78. The van der Waals surface area contributed by atoms with Crippen molar-refractivity contribution in [3.63, 3.8) is 0 Å². The monoisotopic (exact) mass is 308 g/mol. The van der Waals surface area contributed by atoms with Gasteiger partial charge in [-0.1, -0.05) is 0 Å². The number of Topliss-reactive ketones (excluding diaryl/α,β-unsaturated/α-hetero) is 2. The first-order chi connectivity index (χ1) is 10.5. The van der Waals surface area contributed by atoms with Crippen molar-refractivity contribution < 1.29 is 29.3 Å². The molecule has 6 heteroatoms. The van der Waals surface area contributed by atoms with E-state index < -0.39 is 11.9 Å². The number of hydrogen-bond donors (Lipinski definition) is 2. The van der Waals surface area contributed by atoms with Crippen molar-refractivity contribution in [2.75, 3.05) is 6.61 Å². The highest BCUT2D eigenvalue weighted by Crippen LogP contribution is 2.36. The van der Waals surface area contributed by atoms with Crippen LogP contribution in [0.25, 0.3) is 0 Å². The van der Waals surface area contributed by atoms with Crippen LogP contribution < -0.4 is 0 Å². The van der Waals surface area contributed by atoms with Gasteiger partial charge in [0.15, 0.2) is 11.6 Å². The van der Waals surface area contributed by atoms with Crippen molar-refractivity contribution in [3.05, 3.63) is 22.7 Å². The van der Waals surface area contributed by atoms with Crippen LogP contribution in [0.2, 0.25) is 0 Å². The van der Waals surface area contributed by atoms with Crippen molar-refractivity contribution in [1.29, 1.82) is 0 Å². The molecule has 0 unspecified atom stereocenters. The molecule has 120 valence electrons. The molecule has 0 heterocycles. The first kappa shape index (κ1) is 16.3. The Bertz CT molecular complexity index is 527. The van der Waals surface area contributed by atoms with Gasteiger partial charge in [-0.2, -0.15) is 0 Å². The number of aliphatic hydroxyl groups is 2. The molecular formula is C16H20O6. The predicted molar refractivity (Wildman–Crippen MR) is 77.1 cm³/mol. The lowest BCUT2D eigenvalue weighted by Crippen LogP contribution is -2.33. The van der Waals surface area contributed by atoms with Gasteiger partial charge in [0.1, 0.15) is 17.4 Å². The van der Waals surface area contributed by atoms with Gasteiger partial charge < -0.3 is 14.9 Å². The van der Waals surface area contributed by atoms with E-state index in [-0.39, 0.29) is 66.5 Å². The second-order valence-electron chi connectivity index (χ2n) is 5.46. The second-order valence-corrected chi connectivity index (χ2v) is 5.46. The average Bonchev–Trinajstić information content (AvgIpc) is 2.45. The van der Waals surface area contributed by atoms with E-state index >= 15 is 0 Å². The Morgan fingerprint density at radius 3 is 1.82 bits per heavy atom. The zero-order chi connectivity index (χ0) is 16.3. The SMILES string of the molecule is CCOC(=O)C(C1=C(O)CCCC1=O)C1=C(O)CCCC1=O. The molecule has 0 aromatic rings. The molecule has 0 aliphatic heterocycles. The van der Waals surface area contributed by atoms with Gasteiger partial charge in [-0.05, 0) is 19.8 Å². The third kappa shape index (κ3) is 3.05. The molecule has 0 aromatic carbocycles. The zero-order valence-corrected chi connectivity index (χ0v) is 12.6. The Kier molecular flexibility index (Phi) is 5.00. The maximum absolute atomic E-state index is 12.3. The smallest absolute Gasteiger partial charge is 0.318 e. The number of carbonyl (C=O) groups excluding carboxylic acids is 3. The van der Waals surface area contributed by atoms with Crippen LogP contribution in [-0.4, -0.2) is 34.4 Å². The van der Waals surface area contributed by atoms with Gasteiger partial charge >= 0.3 is 5.97 Å². The fourth-order valence-corrected chi connectivity index (χ4v) is 2.95. The average molecular weight is 308 g/mol. The Hall–Kier alpha value is -2.11. The number of aliphatic hydroxyl groups excluding tert-OH is 2. The molecule has 0 aromatic heterocycles. The van der Waals surface area contributed by atoms with Crippen molar-refractivity contribution >= 4 is 17.5 Å². The number of ether oxygens (including phenoxy) is 1. The highest BCUT2D eigenvalue weighted by molar-refractivity contribution is 6.09. The van der Waals surface area contributed by atoms with Gasteiger partial charge in [-0.3, -0.25) is 14.4 Å². The van der Waals surface area contributed by atoms with E-state index in [1.807, 2.05) is 0 Å². The van der Waals surface area contributed by atoms with Crippen LogP contribution in [0.3, 0.4) is 0 Å². The number of hydrogen-bond acceptors (Lipinski definition) is 6. The fraction of sp³-hybridized carbons (Fsp3) is 0.562. The molecule has 2 rings (SSSR count). The number of rotatable bonds is 4. The van der Waals surface area contributed by atoms with Crippen molar-refractivity contribution in [2.45, 2.75) is 45.4 Å². The minimum absolute atomic E-state index is 0.0831. The summed E-state index contributed by atoms with van der Waals surface area (Å²) in [4.78, 5) is 36.6. The number of esters is 1. The van der Waals surface area contributed by atoms with E-state index in [2.05, 4.69) is 0 Å². The summed E-state index contributed by atoms with van der Waals surface area (Å²) < 4.78 is 4.97. The Morgan fingerprint density at radius 2 is 1.45 bits per heavy atom. The van der Waals surface area contributed by atoms with Crippen LogP contribution in [0.5, 0.6) is 0 Å². The summed E-state index contributed by atoms with van der Waals surface area (Å²) in [5.74, 6) is -3.22. The lowest BCUT2D eigenvalue weighted by Gasteiger charge is -2.26. The summed E-state index contributed by atoms with van der Waals surface area (Å²) >= 11 is 0. The molecule has 0 saturated heterocycles. The van der Waals surface area contributed by atoms with Crippen LogP contribution in [0, 0.1) is 5.92 Å². The van der Waals surface area contributed by atoms with E-state index in [1.165, 1.54) is 0 Å². The van der Waals surface area contributed by atoms with Crippen LogP contribution >= 0.6 is 0 Å². The molecule has 2 aliphatic carbocycles. The first-order valence-corrected chi connectivity index (χ1v) is 7.54. The van der Waals surface area contributed by atoms with Gasteiger partial charge in [-0.15, -0.1) is 0 Å². The molecule has 0 amide bonds. The molecule has 0 radical (unpaired) electrons. The van der Waals surface area contributed by atoms with Crippen molar-refractivity contribution in [1.82, 2.24) is 0 Å². The molecule has 22 heavy (non-hydrogen) atoms. The summed E-state index contributed by atoms with van der Waals surface area (Å²) in [5, 5.41) is 20.1. The molecule has 6 nitrogen and oxygen atoms in total. The molecule has 0 fully saturated rings. The highest BCUT2D eigenvalue weighted by atomic mass is 16.5. The molecule has 0 bridgehead atoms.